The first kappa shape index (κ1) is 17.2. The molecule has 1 aliphatic carbocycles. The molecule has 3 aliphatic rings. The molecule has 2 fully saturated rings. The fourth-order valence-corrected chi connectivity index (χ4v) is 5.00. The van der Waals surface area contributed by atoms with Crippen LogP contribution in [0.25, 0.3) is 0 Å². The summed E-state index contributed by atoms with van der Waals surface area (Å²) in [5, 5.41) is 3.36. The van der Waals surface area contributed by atoms with Crippen molar-refractivity contribution in [3.05, 3.63) is 17.0 Å². The van der Waals surface area contributed by atoms with Gasteiger partial charge in [-0.15, -0.1) is 0 Å². The van der Waals surface area contributed by atoms with Crippen LogP contribution in [0.1, 0.15) is 43.1 Å². The summed E-state index contributed by atoms with van der Waals surface area (Å²) in [6.07, 6.45) is 3.30. The van der Waals surface area contributed by atoms with Crippen molar-refractivity contribution >= 4 is 16.0 Å². The molecule has 1 N–H and O–H groups in total. The number of hydrogen-bond donors (Lipinski definition) is 1. The molecule has 1 unspecified atom stereocenters. The van der Waals surface area contributed by atoms with E-state index in [-0.39, 0.29) is 11.2 Å². The number of fused-ring (bicyclic) bond motifs is 2. The number of aryl methyl sites for hydroxylation is 1. The standard InChI is InChI=1S/C17H26N4O3S/c1-3-25(22,23)21-7-6-17(10-21)11-24-9-14-12(2)19-16(20-15(14)17)18-8-13-4-5-13/h13H,3-11H2,1-2H3,(H,18,19,20). The highest BCUT2D eigenvalue weighted by molar-refractivity contribution is 7.89. The van der Waals surface area contributed by atoms with E-state index in [4.69, 9.17) is 9.72 Å². The predicted octanol–water partition coefficient (Wildman–Crippen LogP) is 1.43. The molecule has 1 saturated carbocycles. The SMILES string of the molecule is CCS(=O)(=O)N1CCC2(COCc3c(C)nc(NCC4CC4)nc32)C1. The Morgan fingerprint density at radius 3 is 2.88 bits per heavy atom. The van der Waals surface area contributed by atoms with E-state index in [0.717, 1.165) is 35.8 Å². The van der Waals surface area contributed by atoms with Crippen molar-refractivity contribution < 1.29 is 13.2 Å². The molecule has 1 saturated heterocycles. The van der Waals surface area contributed by atoms with Crippen LogP contribution in [0.2, 0.25) is 0 Å². The van der Waals surface area contributed by atoms with Gasteiger partial charge in [0.2, 0.25) is 16.0 Å². The fraction of sp³-hybridized carbons (Fsp3) is 0.765. The van der Waals surface area contributed by atoms with E-state index >= 15 is 0 Å². The van der Waals surface area contributed by atoms with Gasteiger partial charge in [-0.05, 0) is 39.0 Å². The van der Waals surface area contributed by atoms with Crippen LogP contribution in [0, 0.1) is 12.8 Å². The van der Waals surface area contributed by atoms with Crippen molar-refractivity contribution in [3.63, 3.8) is 0 Å². The third-order valence-corrected chi connectivity index (χ3v) is 7.49. The van der Waals surface area contributed by atoms with E-state index in [9.17, 15) is 8.42 Å². The monoisotopic (exact) mass is 366 g/mol. The van der Waals surface area contributed by atoms with E-state index in [1.165, 1.54) is 12.8 Å². The van der Waals surface area contributed by atoms with Crippen molar-refractivity contribution in [1.29, 1.82) is 0 Å². The van der Waals surface area contributed by atoms with Crippen molar-refractivity contribution in [2.24, 2.45) is 5.92 Å². The maximum atomic E-state index is 12.3. The molecule has 0 radical (unpaired) electrons. The van der Waals surface area contributed by atoms with Gasteiger partial charge in [0.25, 0.3) is 0 Å². The first-order valence-corrected chi connectivity index (χ1v) is 10.7. The zero-order valence-corrected chi connectivity index (χ0v) is 15.7. The zero-order chi connectivity index (χ0) is 17.7. The Bertz CT molecular complexity index is 778. The molecule has 1 aromatic heterocycles. The van der Waals surface area contributed by atoms with E-state index in [0.29, 0.717) is 32.3 Å². The molecule has 4 rings (SSSR count). The fourth-order valence-electron chi connectivity index (χ4n) is 3.83. The van der Waals surface area contributed by atoms with Crippen LogP contribution in [0.15, 0.2) is 0 Å². The number of anilines is 1. The molecule has 0 amide bonds. The average molecular weight is 366 g/mol. The number of rotatable bonds is 5. The van der Waals surface area contributed by atoms with Crippen molar-refractivity contribution in [3.8, 4) is 0 Å². The lowest BCUT2D eigenvalue weighted by Gasteiger charge is -2.35. The second-order valence-corrected chi connectivity index (χ2v) is 9.80. The molecule has 3 heterocycles. The van der Waals surface area contributed by atoms with Gasteiger partial charge >= 0.3 is 0 Å². The van der Waals surface area contributed by atoms with Gasteiger partial charge in [-0.3, -0.25) is 0 Å². The molecular formula is C17H26N4O3S. The lowest BCUT2D eigenvalue weighted by Crippen LogP contribution is -2.42. The summed E-state index contributed by atoms with van der Waals surface area (Å²) in [7, 11) is -3.19. The van der Waals surface area contributed by atoms with Gasteiger partial charge in [0.05, 0.1) is 30.1 Å². The summed E-state index contributed by atoms with van der Waals surface area (Å²) in [4.78, 5) is 9.42. The molecule has 8 heteroatoms. The lowest BCUT2D eigenvalue weighted by molar-refractivity contribution is 0.0527. The van der Waals surface area contributed by atoms with Crippen LogP contribution in [0.3, 0.4) is 0 Å². The Morgan fingerprint density at radius 1 is 1.36 bits per heavy atom. The number of nitrogens with zero attached hydrogens (tertiary/aromatic N) is 3. The molecular weight excluding hydrogens is 340 g/mol. The highest BCUT2D eigenvalue weighted by Crippen LogP contribution is 2.41. The smallest absolute Gasteiger partial charge is 0.223 e. The third kappa shape index (κ3) is 3.15. The van der Waals surface area contributed by atoms with Crippen LogP contribution in [0.5, 0.6) is 0 Å². The molecule has 2 aliphatic heterocycles. The number of aromatic nitrogens is 2. The maximum absolute atomic E-state index is 12.3. The first-order valence-electron chi connectivity index (χ1n) is 9.11. The minimum absolute atomic E-state index is 0.133. The Labute approximate surface area is 149 Å². The second kappa shape index (κ2) is 6.17. The number of nitrogens with one attached hydrogen (secondary N) is 1. The van der Waals surface area contributed by atoms with Crippen LogP contribution in [0.4, 0.5) is 5.95 Å². The highest BCUT2D eigenvalue weighted by Gasteiger charge is 2.48. The molecule has 25 heavy (non-hydrogen) atoms. The summed E-state index contributed by atoms with van der Waals surface area (Å²) in [5.41, 5.74) is 2.59. The number of sulfonamides is 1. The molecule has 0 aromatic carbocycles. The van der Waals surface area contributed by atoms with Gasteiger partial charge in [0.1, 0.15) is 0 Å². The molecule has 0 bridgehead atoms. The van der Waals surface area contributed by atoms with E-state index in [1.54, 1.807) is 11.2 Å². The largest absolute Gasteiger partial charge is 0.376 e. The van der Waals surface area contributed by atoms with Gasteiger partial charge in [-0.1, -0.05) is 0 Å². The summed E-state index contributed by atoms with van der Waals surface area (Å²) in [6, 6.07) is 0. The summed E-state index contributed by atoms with van der Waals surface area (Å²) in [5.74, 6) is 1.54. The zero-order valence-electron chi connectivity index (χ0n) is 14.9. The summed E-state index contributed by atoms with van der Waals surface area (Å²) >= 11 is 0. The topological polar surface area (TPSA) is 84.4 Å². The van der Waals surface area contributed by atoms with Crippen LogP contribution >= 0.6 is 0 Å². The van der Waals surface area contributed by atoms with Crippen molar-refractivity contribution in [2.75, 3.05) is 37.3 Å². The highest BCUT2D eigenvalue weighted by atomic mass is 32.2. The van der Waals surface area contributed by atoms with Gasteiger partial charge in [-0.2, -0.15) is 0 Å². The van der Waals surface area contributed by atoms with Gasteiger partial charge < -0.3 is 10.1 Å². The predicted molar refractivity (Wildman–Crippen MR) is 95.0 cm³/mol. The second-order valence-electron chi connectivity index (χ2n) is 7.54. The Kier molecular flexibility index (Phi) is 4.24. The summed E-state index contributed by atoms with van der Waals surface area (Å²) in [6.45, 7) is 6.61. The first-order chi connectivity index (χ1) is 11.9. The average Bonchev–Trinajstić information content (AvgIpc) is 3.33. The van der Waals surface area contributed by atoms with Crippen molar-refractivity contribution in [1.82, 2.24) is 14.3 Å². The van der Waals surface area contributed by atoms with Gasteiger partial charge in [0.15, 0.2) is 0 Å². The minimum atomic E-state index is -3.19. The van der Waals surface area contributed by atoms with E-state index < -0.39 is 10.0 Å². The number of ether oxygens (including phenoxy) is 1. The lowest BCUT2D eigenvalue weighted by atomic mass is 9.80. The molecule has 1 spiro atoms. The Morgan fingerprint density at radius 2 is 2.16 bits per heavy atom. The Balaban J connectivity index is 1.66. The quantitative estimate of drug-likeness (QED) is 0.849. The number of hydrogen-bond acceptors (Lipinski definition) is 6. The maximum Gasteiger partial charge on any atom is 0.223 e. The van der Waals surface area contributed by atoms with Crippen LogP contribution in [-0.4, -0.2) is 54.7 Å². The van der Waals surface area contributed by atoms with Gasteiger partial charge in [0, 0.05) is 30.9 Å². The van der Waals surface area contributed by atoms with E-state index in [2.05, 4.69) is 10.3 Å². The molecule has 1 atom stereocenters. The minimum Gasteiger partial charge on any atom is -0.376 e. The summed E-state index contributed by atoms with van der Waals surface area (Å²) < 4.78 is 32.0. The molecule has 7 nitrogen and oxygen atoms in total. The van der Waals surface area contributed by atoms with Gasteiger partial charge in [-0.25, -0.2) is 22.7 Å². The van der Waals surface area contributed by atoms with Crippen molar-refractivity contribution in [2.45, 2.75) is 45.1 Å². The van der Waals surface area contributed by atoms with Crippen LogP contribution < -0.4 is 5.32 Å². The van der Waals surface area contributed by atoms with E-state index in [1.807, 2.05) is 6.92 Å². The normalized spacial score (nSPS) is 26.8. The molecule has 138 valence electrons. The third-order valence-electron chi connectivity index (χ3n) is 5.66. The Hall–Kier alpha value is -1.25. The van der Waals surface area contributed by atoms with Crippen LogP contribution in [-0.2, 0) is 26.8 Å². The molecule has 1 aromatic rings.